The van der Waals surface area contributed by atoms with E-state index in [0.717, 1.165) is 0 Å². The maximum atomic E-state index is 13.9. The fourth-order valence-corrected chi connectivity index (χ4v) is 5.30. The molecule has 126 valence electrons. The normalized spacial score (nSPS) is 11.1. The number of ketones is 1. The van der Waals surface area contributed by atoms with Crippen LogP contribution < -0.4 is 15.3 Å². The summed E-state index contributed by atoms with van der Waals surface area (Å²) in [6, 6.07) is 25.4. The molecule has 0 bridgehead atoms. The minimum Gasteiger partial charge on any atom is -0.497 e. The lowest BCUT2D eigenvalue weighted by molar-refractivity contribution is 0.102. The second-order valence-corrected chi connectivity index (χ2v) is 8.55. The van der Waals surface area contributed by atoms with Gasteiger partial charge in [-0.1, -0.05) is 60.7 Å². The zero-order valence-corrected chi connectivity index (χ0v) is 14.9. The quantitative estimate of drug-likeness (QED) is 0.500. The first kappa shape index (κ1) is 17.2. The third-order valence-electron chi connectivity index (χ3n) is 4.12. The van der Waals surface area contributed by atoms with Crippen LogP contribution in [0.2, 0.25) is 0 Å². The van der Waals surface area contributed by atoms with Crippen molar-refractivity contribution in [3.63, 3.8) is 0 Å². The van der Waals surface area contributed by atoms with Crippen LogP contribution in [0.25, 0.3) is 0 Å². The van der Waals surface area contributed by atoms with Gasteiger partial charge in [0.1, 0.15) is 5.75 Å². The number of carbonyl (C=O) groups excluding carboxylic acids is 1. The van der Waals surface area contributed by atoms with Gasteiger partial charge in [-0.3, -0.25) is 4.79 Å². The number of Topliss-reactive ketones (excluding diaryl/α,β-unsaturated/α-hetero) is 1. The van der Waals surface area contributed by atoms with E-state index in [2.05, 4.69) is 0 Å². The lowest BCUT2D eigenvalue weighted by Crippen LogP contribution is -2.22. The number of methoxy groups -OCH3 is 1. The van der Waals surface area contributed by atoms with E-state index in [1.165, 1.54) is 0 Å². The molecule has 0 aliphatic rings. The first-order valence-corrected chi connectivity index (χ1v) is 9.90. The predicted molar refractivity (Wildman–Crippen MR) is 102 cm³/mol. The molecule has 0 heterocycles. The topological polar surface area (TPSA) is 43.4 Å². The van der Waals surface area contributed by atoms with E-state index in [1.807, 2.05) is 60.7 Å². The maximum absolute atomic E-state index is 13.9. The fraction of sp³-hybridized carbons (Fsp3) is 0.0952. The Labute approximate surface area is 147 Å². The third-order valence-corrected chi connectivity index (χ3v) is 7.12. The molecule has 4 heteroatoms. The summed E-state index contributed by atoms with van der Waals surface area (Å²) in [5.41, 5.74) is 0.535. The highest BCUT2D eigenvalue weighted by molar-refractivity contribution is 7.79. The molecule has 3 rings (SSSR count). The lowest BCUT2D eigenvalue weighted by Gasteiger charge is -2.18. The summed E-state index contributed by atoms with van der Waals surface area (Å²) in [7, 11) is -1.47. The molecule has 3 aromatic rings. The van der Waals surface area contributed by atoms with Gasteiger partial charge < -0.3 is 9.30 Å². The number of ether oxygens (including phenoxy) is 1. The predicted octanol–water partition coefficient (Wildman–Crippen LogP) is 3.89. The first-order valence-electron chi connectivity index (χ1n) is 8.01. The van der Waals surface area contributed by atoms with Gasteiger partial charge in [0, 0.05) is 16.2 Å². The molecule has 0 amide bonds. The van der Waals surface area contributed by atoms with Gasteiger partial charge in [0.25, 0.3) is 0 Å². The van der Waals surface area contributed by atoms with Crippen molar-refractivity contribution in [1.29, 1.82) is 0 Å². The van der Waals surface area contributed by atoms with Gasteiger partial charge >= 0.3 is 0 Å². The average molecular weight is 350 g/mol. The Morgan fingerprint density at radius 1 is 0.800 bits per heavy atom. The number of hydrogen-bond acceptors (Lipinski definition) is 3. The van der Waals surface area contributed by atoms with Crippen molar-refractivity contribution < 1.29 is 14.1 Å². The fourth-order valence-electron chi connectivity index (χ4n) is 2.74. The zero-order chi connectivity index (χ0) is 17.7. The van der Waals surface area contributed by atoms with Crippen LogP contribution in [-0.2, 0) is 4.57 Å². The van der Waals surface area contributed by atoms with Gasteiger partial charge in [-0.15, -0.1) is 0 Å². The summed E-state index contributed by atoms with van der Waals surface area (Å²) in [4.78, 5) is 12.8. The number of carbonyl (C=O) groups is 1. The molecule has 25 heavy (non-hydrogen) atoms. The molecule has 0 aromatic heterocycles. The Morgan fingerprint density at radius 3 is 1.72 bits per heavy atom. The van der Waals surface area contributed by atoms with E-state index in [-0.39, 0.29) is 11.9 Å². The van der Waals surface area contributed by atoms with Crippen molar-refractivity contribution in [3.8, 4) is 5.75 Å². The molecule has 0 aliphatic heterocycles. The highest BCUT2D eigenvalue weighted by Gasteiger charge is 2.30. The van der Waals surface area contributed by atoms with E-state index in [1.54, 1.807) is 31.4 Å². The summed E-state index contributed by atoms with van der Waals surface area (Å²) in [5, 5.41) is 1.39. The first-order chi connectivity index (χ1) is 12.1. The SMILES string of the molecule is COc1ccc(C(=O)CP(=O)(c2ccccc2)c2ccccc2)cc1. The summed E-state index contributed by atoms with van der Waals surface area (Å²) < 4.78 is 19.0. The molecule has 0 aliphatic carbocycles. The van der Waals surface area contributed by atoms with Crippen LogP contribution in [0.15, 0.2) is 84.9 Å². The van der Waals surface area contributed by atoms with Crippen molar-refractivity contribution >= 4 is 23.5 Å². The largest absolute Gasteiger partial charge is 0.497 e. The van der Waals surface area contributed by atoms with E-state index in [4.69, 9.17) is 4.74 Å². The maximum Gasteiger partial charge on any atom is 0.170 e. The monoisotopic (exact) mass is 350 g/mol. The zero-order valence-electron chi connectivity index (χ0n) is 14.0. The van der Waals surface area contributed by atoms with E-state index < -0.39 is 7.14 Å². The van der Waals surface area contributed by atoms with Gasteiger partial charge in [0.15, 0.2) is 12.9 Å². The molecule has 0 N–H and O–H groups in total. The summed E-state index contributed by atoms with van der Waals surface area (Å²) in [6.07, 6.45) is -0.0344. The standard InChI is InChI=1S/C21H19O3P/c1-24-18-14-12-17(13-15-18)21(22)16-25(23,19-8-4-2-5-9-19)20-10-6-3-7-11-20/h2-15H,16H2,1H3. The Bertz CT molecular complexity index is 844. The highest BCUT2D eigenvalue weighted by atomic mass is 31.2. The van der Waals surface area contributed by atoms with Crippen LogP contribution >= 0.6 is 7.14 Å². The Balaban J connectivity index is 1.98. The summed E-state index contributed by atoms with van der Waals surface area (Å²) in [5.74, 6) is 0.546. The van der Waals surface area contributed by atoms with Crippen molar-refractivity contribution in [3.05, 3.63) is 90.5 Å². The molecule has 0 unspecified atom stereocenters. The molecule has 0 radical (unpaired) electrons. The van der Waals surface area contributed by atoms with Gasteiger partial charge in [-0.2, -0.15) is 0 Å². The second kappa shape index (κ2) is 7.50. The minimum atomic E-state index is -3.05. The average Bonchev–Trinajstić information content (AvgIpc) is 2.69. The summed E-state index contributed by atoms with van der Waals surface area (Å²) >= 11 is 0. The van der Waals surface area contributed by atoms with Crippen molar-refractivity contribution in [2.24, 2.45) is 0 Å². The number of hydrogen-bond donors (Lipinski definition) is 0. The molecule has 0 fully saturated rings. The lowest BCUT2D eigenvalue weighted by atomic mass is 10.1. The van der Waals surface area contributed by atoms with Gasteiger partial charge in [-0.05, 0) is 24.3 Å². The summed E-state index contributed by atoms with van der Waals surface area (Å²) in [6.45, 7) is 0. The molecule has 0 atom stereocenters. The van der Waals surface area contributed by atoms with Crippen LogP contribution in [0.3, 0.4) is 0 Å². The van der Waals surface area contributed by atoms with Crippen molar-refractivity contribution in [1.82, 2.24) is 0 Å². The Hall–Kier alpha value is -2.64. The molecule has 0 spiro atoms. The van der Waals surface area contributed by atoms with Gasteiger partial charge in [-0.25, -0.2) is 0 Å². The number of rotatable bonds is 6. The van der Waals surface area contributed by atoms with E-state index in [0.29, 0.717) is 21.9 Å². The molecule has 3 nitrogen and oxygen atoms in total. The van der Waals surface area contributed by atoms with Crippen LogP contribution in [0.4, 0.5) is 0 Å². The smallest absolute Gasteiger partial charge is 0.170 e. The molecule has 0 saturated heterocycles. The van der Waals surface area contributed by atoms with Crippen LogP contribution in [0, 0.1) is 0 Å². The van der Waals surface area contributed by atoms with Gasteiger partial charge in [0.2, 0.25) is 0 Å². The van der Waals surface area contributed by atoms with Crippen LogP contribution in [-0.4, -0.2) is 19.1 Å². The van der Waals surface area contributed by atoms with Gasteiger partial charge in [0.05, 0.1) is 13.3 Å². The van der Waals surface area contributed by atoms with Crippen molar-refractivity contribution in [2.75, 3.05) is 13.3 Å². The number of benzene rings is 3. The van der Waals surface area contributed by atoms with E-state index >= 15 is 0 Å². The third kappa shape index (κ3) is 3.72. The molecular weight excluding hydrogens is 331 g/mol. The molecule has 3 aromatic carbocycles. The Morgan fingerprint density at radius 2 is 1.28 bits per heavy atom. The second-order valence-electron chi connectivity index (χ2n) is 5.72. The minimum absolute atomic E-state index is 0.0344. The van der Waals surface area contributed by atoms with Crippen LogP contribution in [0.1, 0.15) is 10.4 Å². The van der Waals surface area contributed by atoms with Crippen molar-refractivity contribution in [2.45, 2.75) is 0 Å². The highest BCUT2D eigenvalue weighted by Crippen LogP contribution is 2.43. The Kier molecular flexibility index (Phi) is 5.16. The molecular formula is C21H19O3P. The van der Waals surface area contributed by atoms with E-state index in [9.17, 15) is 9.36 Å². The molecule has 0 saturated carbocycles. The van der Waals surface area contributed by atoms with Crippen LogP contribution in [0.5, 0.6) is 5.75 Å².